The van der Waals surface area contributed by atoms with Crippen molar-refractivity contribution in [2.75, 3.05) is 5.73 Å². The van der Waals surface area contributed by atoms with Gasteiger partial charge in [-0.2, -0.15) is 0 Å². The van der Waals surface area contributed by atoms with E-state index in [4.69, 9.17) is 5.73 Å². The number of anilines is 1. The summed E-state index contributed by atoms with van der Waals surface area (Å²) in [5.74, 6) is 5.57. The molecule has 0 aromatic carbocycles. The number of pyridine rings is 1. The van der Waals surface area contributed by atoms with E-state index < -0.39 is 5.60 Å². The van der Waals surface area contributed by atoms with Crippen LogP contribution in [0.25, 0.3) is 0 Å². The van der Waals surface area contributed by atoms with Crippen molar-refractivity contribution in [3.05, 3.63) is 23.5 Å². The molecule has 0 aliphatic heterocycles. The topological polar surface area (TPSA) is 59.1 Å². The number of nitrogens with two attached hydrogens (primary N) is 1. The third-order valence-electron chi connectivity index (χ3n) is 1.61. The highest BCUT2D eigenvalue weighted by Gasteiger charge is 2.06. The van der Waals surface area contributed by atoms with Crippen LogP contribution in [0.1, 0.15) is 25.1 Å². The molecule has 0 radical (unpaired) electrons. The Balaban J connectivity index is 3.06. The van der Waals surface area contributed by atoms with E-state index >= 15 is 0 Å². The van der Waals surface area contributed by atoms with Crippen LogP contribution in [0, 0.1) is 18.8 Å². The molecular weight excluding hydrogens is 176 g/mol. The predicted octanol–water partition coefficient (Wildman–Crippen LogP) is 1.09. The Bertz CT molecular complexity index is 394. The van der Waals surface area contributed by atoms with Gasteiger partial charge in [0.05, 0.1) is 17.6 Å². The lowest BCUT2D eigenvalue weighted by Crippen LogP contribution is -2.14. The fraction of sp³-hybridized carbons (Fsp3) is 0.364. The minimum absolute atomic E-state index is 0.579. The molecule has 3 N–H and O–H groups in total. The molecule has 0 saturated heterocycles. The zero-order valence-corrected chi connectivity index (χ0v) is 8.63. The zero-order chi connectivity index (χ0) is 10.8. The average Bonchev–Trinajstić information content (AvgIpc) is 2.05. The van der Waals surface area contributed by atoms with Gasteiger partial charge < -0.3 is 10.8 Å². The summed E-state index contributed by atoms with van der Waals surface area (Å²) in [7, 11) is 0. The second-order valence-electron chi connectivity index (χ2n) is 3.71. The number of hydrogen-bond donors (Lipinski definition) is 2. The first-order valence-electron chi connectivity index (χ1n) is 4.36. The molecule has 0 amide bonds. The molecule has 3 heteroatoms. The maximum absolute atomic E-state index is 9.41. The van der Waals surface area contributed by atoms with Gasteiger partial charge in [-0.3, -0.25) is 4.98 Å². The smallest absolute Gasteiger partial charge is 0.120 e. The van der Waals surface area contributed by atoms with Gasteiger partial charge in [0.1, 0.15) is 5.60 Å². The molecule has 74 valence electrons. The number of hydrogen-bond acceptors (Lipinski definition) is 3. The van der Waals surface area contributed by atoms with Crippen molar-refractivity contribution in [3.63, 3.8) is 0 Å². The van der Waals surface area contributed by atoms with E-state index in [1.807, 2.05) is 6.92 Å². The van der Waals surface area contributed by atoms with Crippen molar-refractivity contribution in [2.45, 2.75) is 26.4 Å². The van der Waals surface area contributed by atoms with Gasteiger partial charge in [-0.1, -0.05) is 11.8 Å². The Kier molecular flexibility index (Phi) is 2.78. The van der Waals surface area contributed by atoms with Gasteiger partial charge >= 0.3 is 0 Å². The van der Waals surface area contributed by atoms with Gasteiger partial charge in [0.15, 0.2) is 0 Å². The van der Waals surface area contributed by atoms with Crippen LogP contribution in [0.4, 0.5) is 5.69 Å². The molecule has 1 heterocycles. The Hall–Kier alpha value is -1.53. The van der Waals surface area contributed by atoms with Crippen molar-refractivity contribution >= 4 is 5.69 Å². The second kappa shape index (κ2) is 3.69. The standard InChI is InChI=1S/C11H14N2O/c1-8-9(4-5-11(2,3)14)6-10(12)7-13-8/h6-7,14H,12H2,1-3H3. The molecule has 0 aliphatic carbocycles. The van der Waals surface area contributed by atoms with E-state index in [1.54, 1.807) is 26.1 Å². The average molecular weight is 190 g/mol. The molecule has 0 unspecified atom stereocenters. The summed E-state index contributed by atoms with van der Waals surface area (Å²) in [5.41, 5.74) is 6.74. The third-order valence-corrected chi connectivity index (χ3v) is 1.61. The highest BCUT2D eigenvalue weighted by molar-refractivity contribution is 5.48. The first kappa shape index (κ1) is 10.6. The first-order chi connectivity index (χ1) is 6.38. The van der Waals surface area contributed by atoms with Gasteiger partial charge in [-0.15, -0.1) is 0 Å². The maximum atomic E-state index is 9.41. The Morgan fingerprint density at radius 1 is 1.50 bits per heavy atom. The Morgan fingerprint density at radius 2 is 2.14 bits per heavy atom. The largest absolute Gasteiger partial charge is 0.397 e. The van der Waals surface area contributed by atoms with Crippen LogP contribution >= 0.6 is 0 Å². The molecule has 0 bridgehead atoms. The van der Waals surface area contributed by atoms with E-state index in [0.29, 0.717) is 5.69 Å². The lowest BCUT2D eigenvalue weighted by molar-refractivity contribution is 0.143. The number of aryl methyl sites for hydroxylation is 1. The minimum Gasteiger partial charge on any atom is -0.397 e. The van der Waals surface area contributed by atoms with Crippen LogP contribution < -0.4 is 5.73 Å². The second-order valence-corrected chi connectivity index (χ2v) is 3.71. The van der Waals surface area contributed by atoms with E-state index in [1.165, 1.54) is 0 Å². The van der Waals surface area contributed by atoms with E-state index in [9.17, 15) is 5.11 Å². The molecule has 0 atom stereocenters. The van der Waals surface area contributed by atoms with Crippen LogP contribution in [-0.4, -0.2) is 15.7 Å². The number of aliphatic hydroxyl groups is 1. The van der Waals surface area contributed by atoms with Gasteiger partial charge in [0, 0.05) is 5.56 Å². The molecule has 0 saturated carbocycles. The molecule has 0 aliphatic rings. The predicted molar refractivity (Wildman–Crippen MR) is 56.6 cm³/mol. The summed E-state index contributed by atoms with van der Waals surface area (Å²) in [6, 6.07) is 1.75. The summed E-state index contributed by atoms with van der Waals surface area (Å²) in [5, 5.41) is 9.41. The molecule has 14 heavy (non-hydrogen) atoms. The van der Waals surface area contributed by atoms with Crippen molar-refractivity contribution in [3.8, 4) is 11.8 Å². The quantitative estimate of drug-likeness (QED) is 0.602. The summed E-state index contributed by atoms with van der Waals surface area (Å²) >= 11 is 0. The summed E-state index contributed by atoms with van der Waals surface area (Å²) < 4.78 is 0. The molecule has 0 fully saturated rings. The van der Waals surface area contributed by atoms with Crippen molar-refractivity contribution < 1.29 is 5.11 Å². The zero-order valence-electron chi connectivity index (χ0n) is 8.63. The third kappa shape index (κ3) is 3.08. The summed E-state index contributed by atoms with van der Waals surface area (Å²) in [6.45, 7) is 5.12. The normalized spacial score (nSPS) is 10.6. The summed E-state index contributed by atoms with van der Waals surface area (Å²) in [6.07, 6.45) is 1.59. The number of nitrogen functional groups attached to an aromatic ring is 1. The minimum atomic E-state index is -0.989. The molecule has 1 aromatic heterocycles. The van der Waals surface area contributed by atoms with Gasteiger partial charge in [0.2, 0.25) is 0 Å². The number of nitrogens with zero attached hydrogens (tertiary/aromatic N) is 1. The lowest BCUT2D eigenvalue weighted by atomic mass is 10.1. The van der Waals surface area contributed by atoms with Crippen molar-refractivity contribution in [1.29, 1.82) is 0 Å². The molecular formula is C11H14N2O. The van der Waals surface area contributed by atoms with E-state index in [0.717, 1.165) is 11.3 Å². The number of aromatic nitrogens is 1. The van der Waals surface area contributed by atoms with Crippen molar-refractivity contribution in [2.24, 2.45) is 0 Å². The van der Waals surface area contributed by atoms with Crippen LogP contribution in [0.3, 0.4) is 0 Å². The molecule has 1 aromatic rings. The highest BCUT2D eigenvalue weighted by atomic mass is 16.3. The monoisotopic (exact) mass is 190 g/mol. The van der Waals surface area contributed by atoms with Crippen molar-refractivity contribution in [1.82, 2.24) is 4.98 Å². The van der Waals surface area contributed by atoms with Gasteiger partial charge in [-0.25, -0.2) is 0 Å². The lowest BCUT2D eigenvalue weighted by Gasteiger charge is -2.06. The molecule has 3 nitrogen and oxygen atoms in total. The van der Waals surface area contributed by atoms with Crippen LogP contribution in [0.2, 0.25) is 0 Å². The molecule has 1 rings (SSSR count). The van der Waals surface area contributed by atoms with Gasteiger partial charge in [0.25, 0.3) is 0 Å². The SMILES string of the molecule is Cc1ncc(N)cc1C#CC(C)(C)O. The van der Waals surface area contributed by atoms with E-state index in [-0.39, 0.29) is 0 Å². The van der Waals surface area contributed by atoms with Crippen LogP contribution in [-0.2, 0) is 0 Å². The fourth-order valence-electron chi connectivity index (χ4n) is 0.896. The number of rotatable bonds is 0. The van der Waals surface area contributed by atoms with Crippen LogP contribution in [0.5, 0.6) is 0 Å². The molecule has 0 spiro atoms. The van der Waals surface area contributed by atoms with E-state index in [2.05, 4.69) is 16.8 Å². The first-order valence-corrected chi connectivity index (χ1v) is 4.36. The van der Waals surface area contributed by atoms with Gasteiger partial charge in [-0.05, 0) is 26.8 Å². The fourth-order valence-corrected chi connectivity index (χ4v) is 0.896. The van der Waals surface area contributed by atoms with Crippen LogP contribution in [0.15, 0.2) is 12.3 Å². The Labute approximate surface area is 84.0 Å². The maximum Gasteiger partial charge on any atom is 0.120 e. The summed E-state index contributed by atoms with van der Waals surface area (Å²) in [4.78, 5) is 4.07. The Morgan fingerprint density at radius 3 is 2.71 bits per heavy atom. The highest BCUT2D eigenvalue weighted by Crippen LogP contribution is 2.08.